The number of pyridine rings is 1. The highest BCUT2D eigenvalue weighted by Crippen LogP contribution is 2.29. The zero-order valence-electron chi connectivity index (χ0n) is 12.2. The fraction of sp³-hybridized carbons (Fsp3) is 0.588. The van der Waals surface area contributed by atoms with Crippen LogP contribution in [-0.2, 0) is 6.54 Å². The largest absolute Gasteiger partial charge is 0.299 e. The molecule has 1 aromatic heterocycles. The molecular weight excluding hydrogens is 232 g/mol. The predicted octanol–water partition coefficient (Wildman–Crippen LogP) is 2.93. The molecule has 1 aromatic rings. The molecule has 1 atom stereocenters. The van der Waals surface area contributed by atoms with Gasteiger partial charge in [0.05, 0.1) is 6.42 Å². The topological polar surface area (TPSA) is 7.12 Å². The molecule has 0 bridgehead atoms. The molecule has 2 nitrogen and oxygen atoms in total. The molecule has 2 heterocycles. The van der Waals surface area contributed by atoms with Crippen LogP contribution < -0.4 is 4.57 Å². The SMILES string of the molecule is CCCC#CCC[n+]1cccc(C2CCCN2C)c1. The summed E-state index contributed by atoms with van der Waals surface area (Å²) in [6.45, 7) is 4.40. The van der Waals surface area contributed by atoms with Crippen LogP contribution >= 0.6 is 0 Å². The number of nitrogens with zero attached hydrogens (tertiary/aromatic N) is 2. The number of aryl methyl sites for hydroxylation is 1. The van der Waals surface area contributed by atoms with Crippen molar-refractivity contribution < 1.29 is 4.57 Å². The summed E-state index contributed by atoms with van der Waals surface area (Å²) in [6.07, 6.45) is 10.2. The van der Waals surface area contributed by atoms with Gasteiger partial charge in [0.1, 0.15) is 0 Å². The monoisotopic (exact) mass is 257 g/mol. The van der Waals surface area contributed by atoms with E-state index in [9.17, 15) is 0 Å². The molecule has 1 aliphatic heterocycles. The first kappa shape index (κ1) is 14.1. The van der Waals surface area contributed by atoms with Crippen LogP contribution in [0.5, 0.6) is 0 Å². The molecule has 1 unspecified atom stereocenters. The van der Waals surface area contributed by atoms with Gasteiger partial charge < -0.3 is 0 Å². The molecule has 1 saturated heterocycles. The van der Waals surface area contributed by atoms with Crippen LogP contribution in [0, 0.1) is 11.8 Å². The van der Waals surface area contributed by atoms with Gasteiger partial charge in [-0.2, -0.15) is 0 Å². The minimum atomic E-state index is 0.610. The lowest BCUT2D eigenvalue weighted by molar-refractivity contribution is -0.696. The molecule has 1 fully saturated rings. The third-order valence-electron chi connectivity index (χ3n) is 3.78. The minimum Gasteiger partial charge on any atom is -0.299 e. The lowest BCUT2D eigenvalue weighted by Gasteiger charge is -2.18. The molecular formula is C17H25N2+. The number of hydrogen-bond donors (Lipinski definition) is 0. The summed E-state index contributed by atoms with van der Waals surface area (Å²) in [5, 5.41) is 0. The summed E-state index contributed by atoms with van der Waals surface area (Å²) >= 11 is 0. The Hall–Kier alpha value is -1.33. The van der Waals surface area contributed by atoms with Crippen molar-refractivity contribution in [2.45, 2.75) is 51.6 Å². The number of unbranched alkanes of at least 4 members (excludes halogenated alkanes) is 1. The molecule has 0 amide bonds. The fourth-order valence-corrected chi connectivity index (χ4v) is 2.70. The summed E-state index contributed by atoms with van der Waals surface area (Å²) < 4.78 is 2.28. The Labute approximate surface area is 117 Å². The van der Waals surface area contributed by atoms with Gasteiger partial charge in [0.15, 0.2) is 18.9 Å². The maximum absolute atomic E-state index is 3.25. The molecule has 19 heavy (non-hydrogen) atoms. The van der Waals surface area contributed by atoms with E-state index in [1.807, 2.05) is 0 Å². The highest BCUT2D eigenvalue weighted by atomic mass is 15.1. The van der Waals surface area contributed by atoms with Gasteiger partial charge >= 0.3 is 0 Å². The molecule has 0 aromatic carbocycles. The summed E-state index contributed by atoms with van der Waals surface area (Å²) in [6, 6.07) is 5.03. The van der Waals surface area contributed by atoms with Crippen molar-refractivity contribution in [3.63, 3.8) is 0 Å². The Bertz CT molecular complexity index is 456. The lowest BCUT2D eigenvalue weighted by atomic mass is 10.1. The van der Waals surface area contributed by atoms with E-state index in [-0.39, 0.29) is 0 Å². The van der Waals surface area contributed by atoms with E-state index in [0.717, 1.165) is 25.8 Å². The summed E-state index contributed by atoms with van der Waals surface area (Å²) in [5.74, 6) is 6.46. The highest BCUT2D eigenvalue weighted by molar-refractivity contribution is 5.12. The minimum absolute atomic E-state index is 0.610. The van der Waals surface area contributed by atoms with Crippen LogP contribution in [0.3, 0.4) is 0 Å². The average Bonchev–Trinajstić information content (AvgIpc) is 2.85. The van der Waals surface area contributed by atoms with Crippen LogP contribution in [0.1, 0.15) is 50.6 Å². The summed E-state index contributed by atoms with van der Waals surface area (Å²) in [4.78, 5) is 2.46. The molecule has 0 spiro atoms. The van der Waals surface area contributed by atoms with E-state index in [1.54, 1.807) is 0 Å². The Balaban J connectivity index is 1.94. The second kappa shape index (κ2) is 7.31. The fourth-order valence-electron chi connectivity index (χ4n) is 2.70. The van der Waals surface area contributed by atoms with Gasteiger partial charge in [-0.3, -0.25) is 4.90 Å². The average molecular weight is 257 g/mol. The van der Waals surface area contributed by atoms with E-state index in [2.05, 4.69) is 59.8 Å². The van der Waals surface area contributed by atoms with Crippen LogP contribution in [-0.4, -0.2) is 18.5 Å². The van der Waals surface area contributed by atoms with Crippen LogP contribution in [0.2, 0.25) is 0 Å². The van der Waals surface area contributed by atoms with Crippen molar-refractivity contribution in [3.05, 3.63) is 30.1 Å². The van der Waals surface area contributed by atoms with Gasteiger partial charge in [0, 0.05) is 24.1 Å². The highest BCUT2D eigenvalue weighted by Gasteiger charge is 2.24. The third-order valence-corrected chi connectivity index (χ3v) is 3.78. The number of rotatable bonds is 4. The Morgan fingerprint density at radius 2 is 2.21 bits per heavy atom. The van der Waals surface area contributed by atoms with Gasteiger partial charge in [0.25, 0.3) is 0 Å². The number of aromatic nitrogens is 1. The van der Waals surface area contributed by atoms with Crippen molar-refractivity contribution in [2.24, 2.45) is 0 Å². The van der Waals surface area contributed by atoms with Crippen molar-refractivity contribution in [1.82, 2.24) is 4.90 Å². The first-order chi connectivity index (χ1) is 9.31. The van der Waals surface area contributed by atoms with Crippen LogP contribution in [0.25, 0.3) is 0 Å². The summed E-state index contributed by atoms with van der Waals surface area (Å²) in [5.41, 5.74) is 1.45. The molecule has 0 aliphatic carbocycles. The van der Waals surface area contributed by atoms with Crippen LogP contribution in [0.4, 0.5) is 0 Å². The van der Waals surface area contributed by atoms with Gasteiger partial charge in [-0.05, 0) is 38.9 Å². The Kier molecular flexibility index (Phi) is 5.42. The maximum Gasteiger partial charge on any atom is 0.173 e. The zero-order valence-corrected chi connectivity index (χ0v) is 12.2. The van der Waals surface area contributed by atoms with Gasteiger partial charge in [-0.1, -0.05) is 12.8 Å². The maximum atomic E-state index is 3.25. The number of hydrogen-bond acceptors (Lipinski definition) is 1. The molecule has 102 valence electrons. The first-order valence-electron chi connectivity index (χ1n) is 7.46. The second-order valence-corrected chi connectivity index (χ2v) is 5.37. The van der Waals surface area contributed by atoms with Gasteiger partial charge in [-0.15, -0.1) is 5.92 Å². The normalized spacial score (nSPS) is 19.2. The van der Waals surface area contributed by atoms with E-state index < -0.39 is 0 Å². The van der Waals surface area contributed by atoms with E-state index in [0.29, 0.717) is 6.04 Å². The van der Waals surface area contributed by atoms with Crippen molar-refractivity contribution in [2.75, 3.05) is 13.6 Å². The zero-order chi connectivity index (χ0) is 13.5. The van der Waals surface area contributed by atoms with Crippen LogP contribution in [0.15, 0.2) is 24.5 Å². The third kappa shape index (κ3) is 4.08. The van der Waals surface area contributed by atoms with Crippen molar-refractivity contribution in [1.29, 1.82) is 0 Å². The lowest BCUT2D eigenvalue weighted by Crippen LogP contribution is -2.34. The van der Waals surface area contributed by atoms with E-state index in [4.69, 9.17) is 0 Å². The molecule has 0 radical (unpaired) electrons. The Morgan fingerprint density at radius 1 is 1.37 bits per heavy atom. The smallest absolute Gasteiger partial charge is 0.173 e. The first-order valence-corrected chi connectivity index (χ1v) is 7.46. The quantitative estimate of drug-likeness (QED) is 0.594. The van der Waals surface area contributed by atoms with Crippen molar-refractivity contribution >= 4 is 0 Å². The van der Waals surface area contributed by atoms with E-state index >= 15 is 0 Å². The second-order valence-electron chi connectivity index (χ2n) is 5.37. The Morgan fingerprint density at radius 3 is 2.95 bits per heavy atom. The molecule has 1 aliphatic rings. The van der Waals surface area contributed by atoms with Crippen molar-refractivity contribution in [3.8, 4) is 11.8 Å². The predicted molar refractivity (Wildman–Crippen MR) is 78.5 cm³/mol. The molecule has 2 heteroatoms. The standard InChI is InChI=1S/C17H25N2/c1-3-4-5-6-7-13-19-14-8-10-16(15-19)17-11-9-12-18(17)2/h8,10,14-15,17H,3-4,7,9,11-13H2,1-2H3/q+1. The molecule has 0 N–H and O–H groups in total. The van der Waals surface area contributed by atoms with Gasteiger partial charge in [0.2, 0.25) is 0 Å². The molecule has 2 rings (SSSR count). The van der Waals surface area contributed by atoms with Gasteiger partial charge in [-0.25, -0.2) is 4.57 Å². The molecule has 0 saturated carbocycles. The summed E-state index contributed by atoms with van der Waals surface area (Å²) in [7, 11) is 2.23. The number of likely N-dealkylation sites (tertiary alicyclic amines) is 1. The van der Waals surface area contributed by atoms with E-state index in [1.165, 1.54) is 24.9 Å².